The third kappa shape index (κ3) is 4.26. The molecular weight excluding hydrogens is 450 g/mol. The summed E-state index contributed by atoms with van der Waals surface area (Å²) in [5, 5.41) is 9.68. The summed E-state index contributed by atoms with van der Waals surface area (Å²) in [6, 6.07) is 15.8. The Bertz CT molecular complexity index is 1460. The Balaban J connectivity index is 1.76. The molecule has 2 aromatic carbocycles. The van der Waals surface area contributed by atoms with Gasteiger partial charge >= 0.3 is 10.2 Å². The van der Waals surface area contributed by atoms with Crippen molar-refractivity contribution in [3.05, 3.63) is 71.7 Å². The third-order valence-corrected chi connectivity index (χ3v) is 7.09. The molecule has 1 aromatic heterocycles. The molecule has 3 aromatic rings. The maximum absolute atomic E-state index is 13.1. The second-order valence-corrected chi connectivity index (χ2v) is 11.0. The molecule has 0 saturated carbocycles. The number of benzene rings is 2. The first-order valence-corrected chi connectivity index (χ1v) is 11.9. The molecule has 0 saturated heterocycles. The molecule has 1 aliphatic heterocycles. The maximum Gasteiger partial charge on any atom is 0.326 e. The van der Waals surface area contributed by atoms with Crippen LogP contribution in [-0.4, -0.2) is 27.0 Å². The van der Waals surface area contributed by atoms with Crippen LogP contribution < -0.4 is 13.3 Å². The van der Waals surface area contributed by atoms with E-state index in [9.17, 15) is 13.7 Å². The molecule has 0 fully saturated rings. The molecule has 0 N–H and O–H groups in total. The van der Waals surface area contributed by atoms with Gasteiger partial charge in [-0.15, -0.1) is 4.98 Å². The summed E-state index contributed by atoms with van der Waals surface area (Å²) in [7, 11) is -2.15. The Labute approximate surface area is 199 Å². The number of nitriles is 1. The van der Waals surface area contributed by atoms with Gasteiger partial charge in [-0.25, -0.2) is 0 Å². The quantitative estimate of drug-likeness (QED) is 0.466. The minimum atomic E-state index is -3.68. The van der Waals surface area contributed by atoms with Gasteiger partial charge in [0.05, 0.1) is 23.0 Å². The molecule has 0 unspecified atom stereocenters. The van der Waals surface area contributed by atoms with Crippen molar-refractivity contribution >= 4 is 27.4 Å². The van der Waals surface area contributed by atoms with E-state index in [-0.39, 0.29) is 11.2 Å². The van der Waals surface area contributed by atoms with Gasteiger partial charge in [-0.1, -0.05) is 33.4 Å². The Morgan fingerprint density at radius 1 is 1.09 bits per heavy atom. The van der Waals surface area contributed by atoms with Crippen LogP contribution in [-0.2, 0) is 10.2 Å². The number of hydrogen-bond donors (Lipinski definition) is 0. The molecule has 0 atom stereocenters. The van der Waals surface area contributed by atoms with Crippen LogP contribution in [0.5, 0.6) is 11.5 Å². The Hall–Kier alpha value is -4.08. The lowest BCUT2D eigenvalue weighted by atomic mass is 9.96. The van der Waals surface area contributed by atoms with Crippen molar-refractivity contribution in [3.63, 3.8) is 0 Å². The largest absolute Gasteiger partial charge is 0.458 e. The van der Waals surface area contributed by atoms with E-state index in [1.807, 2.05) is 26.8 Å². The summed E-state index contributed by atoms with van der Waals surface area (Å²) in [6.07, 6.45) is 1.49. The van der Waals surface area contributed by atoms with Crippen molar-refractivity contribution in [1.29, 1.82) is 5.26 Å². The minimum Gasteiger partial charge on any atom is -0.458 e. The van der Waals surface area contributed by atoms with Crippen LogP contribution in [0, 0.1) is 23.3 Å². The SMILES string of the molecule is [C-]#[N+]c1cc(Oc2ccc(C#N)c(-c3ccc4c(c3)N(C)S(=O)(=O)N4CC(C)(C)C)c2)ccn1. The van der Waals surface area contributed by atoms with Gasteiger partial charge in [0.15, 0.2) is 0 Å². The van der Waals surface area contributed by atoms with Crippen molar-refractivity contribution in [1.82, 2.24) is 4.98 Å². The second-order valence-electron chi connectivity index (χ2n) is 9.13. The van der Waals surface area contributed by atoms with Gasteiger partial charge in [-0.3, -0.25) is 8.61 Å². The standard InChI is InChI=1S/C25H23N5O3S/c1-25(2,3)16-30-22-9-7-17(12-23(22)29(5)34(30,31)32)21-13-19(8-6-18(21)15-26)33-20-10-11-28-24(14-20)27-4/h6-14H,16H2,1-3,5H3. The molecule has 0 spiro atoms. The molecular formula is C25H23N5O3S. The zero-order valence-corrected chi connectivity index (χ0v) is 20.1. The van der Waals surface area contributed by atoms with Crippen LogP contribution in [0.15, 0.2) is 54.7 Å². The van der Waals surface area contributed by atoms with Crippen LogP contribution in [0.2, 0.25) is 0 Å². The van der Waals surface area contributed by atoms with Crippen LogP contribution in [0.25, 0.3) is 16.0 Å². The average molecular weight is 474 g/mol. The highest BCUT2D eigenvalue weighted by atomic mass is 32.2. The first kappa shape index (κ1) is 23.1. The van der Waals surface area contributed by atoms with Gasteiger partial charge in [-0.05, 0) is 41.3 Å². The maximum atomic E-state index is 13.1. The van der Waals surface area contributed by atoms with E-state index in [2.05, 4.69) is 15.9 Å². The van der Waals surface area contributed by atoms with E-state index in [4.69, 9.17) is 11.3 Å². The third-order valence-electron chi connectivity index (χ3n) is 5.32. The van der Waals surface area contributed by atoms with E-state index in [0.717, 1.165) is 0 Å². The van der Waals surface area contributed by atoms with Crippen molar-refractivity contribution in [2.45, 2.75) is 20.8 Å². The van der Waals surface area contributed by atoms with Crippen molar-refractivity contribution < 1.29 is 13.2 Å². The van der Waals surface area contributed by atoms with Crippen molar-refractivity contribution in [2.75, 3.05) is 22.2 Å². The number of hydrogen-bond acceptors (Lipinski definition) is 5. The normalized spacial score (nSPS) is 14.3. The van der Waals surface area contributed by atoms with Crippen molar-refractivity contribution in [3.8, 4) is 28.7 Å². The molecule has 4 rings (SSSR count). The lowest BCUT2D eigenvalue weighted by Gasteiger charge is -2.27. The topological polar surface area (TPSA) is 90.9 Å². The first-order valence-electron chi connectivity index (χ1n) is 10.5. The average Bonchev–Trinajstić information content (AvgIpc) is 2.98. The summed E-state index contributed by atoms with van der Waals surface area (Å²) in [6.45, 7) is 13.4. The zero-order chi connectivity index (χ0) is 24.7. The monoisotopic (exact) mass is 473 g/mol. The molecule has 0 bridgehead atoms. The van der Waals surface area contributed by atoms with Crippen LogP contribution in [0.3, 0.4) is 0 Å². The number of nitrogens with zero attached hydrogens (tertiary/aromatic N) is 5. The van der Waals surface area contributed by atoms with Crippen LogP contribution in [0.4, 0.5) is 17.2 Å². The Morgan fingerprint density at radius 2 is 1.82 bits per heavy atom. The van der Waals surface area contributed by atoms with Gasteiger partial charge in [0.1, 0.15) is 17.7 Å². The van der Waals surface area contributed by atoms with Gasteiger partial charge in [0, 0.05) is 31.3 Å². The molecule has 0 aliphatic carbocycles. The van der Waals surface area contributed by atoms with Gasteiger partial charge in [0.25, 0.3) is 5.82 Å². The van der Waals surface area contributed by atoms with Crippen molar-refractivity contribution in [2.24, 2.45) is 5.41 Å². The minimum absolute atomic E-state index is 0.217. The van der Waals surface area contributed by atoms with E-state index in [0.29, 0.717) is 46.1 Å². The molecule has 0 radical (unpaired) electrons. The van der Waals surface area contributed by atoms with Gasteiger partial charge in [-0.2, -0.15) is 13.7 Å². The summed E-state index contributed by atoms with van der Waals surface area (Å²) in [4.78, 5) is 7.24. The highest BCUT2D eigenvalue weighted by molar-refractivity contribution is 7.94. The summed E-state index contributed by atoms with van der Waals surface area (Å²) < 4.78 is 34.7. The van der Waals surface area contributed by atoms with E-state index in [1.54, 1.807) is 36.4 Å². The fourth-order valence-electron chi connectivity index (χ4n) is 3.73. The molecule has 1 aliphatic rings. The Kier molecular flexibility index (Phi) is 5.68. The predicted molar refractivity (Wildman–Crippen MR) is 131 cm³/mol. The highest BCUT2D eigenvalue weighted by Crippen LogP contribution is 2.44. The van der Waals surface area contributed by atoms with E-state index in [1.165, 1.54) is 27.9 Å². The first-order chi connectivity index (χ1) is 16.0. The Morgan fingerprint density at radius 3 is 2.50 bits per heavy atom. The highest BCUT2D eigenvalue weighted by Gasteiger charge is 2.40. The molecule has 172 valence electrons. The number of aromatic nitrogens is 1. The second kappa shape index (κ2) is 8.36. The lowest BCUT2D eigenvalue weighted by Crippen LogP contribution is -2.40. The van der Waals surface area contributed by atoms with Gasteiger partial charge < -0.3 is 9.58 Å². The molecule has 9 heteroatoms. The van der Waals surface area contributed by atoms with E-state index >= 15 is 0 Å². The summed E-state index contributed by atoms with van der Waals surface area (Å²) >= 11 is 0. The molecule has 8 nitrogen and oxygen atoms in total. The lowest BCUT2D eigenvalue weighted by molar-refractivity contribution is 0.427. The van der Waals surface area contributed by atoms with Gasteiger partial charge in [0.2, 0.25) is 0 Å². The zero-order valence-electron chi connectivity index (χ0n) is 19.3. The predicted octanol–water partition coefficient (Wildman–Crippen LogP) is 5.51. The van der Waals surface area contributed by atoms with Crippen LogP contribution >= 0.6 is 0 Å². The molecule has 2 heterocycles. The number of pyridine rings is 1. The molecule has 0 amide bonds. The summed E-state index contributed by atoms with van der Waals surface area (Å²) in [5.74, 6) is 1.15. The number of rotatable bonds is 4. The number of ether oxygens (including phenoxy) is 1. The number of anilines is 2. The summed E-state index contributed by atoms with van der Waals surface area (Å²) in [5.41, 5.74) is 2.66. The molecule has 34 heavy (non-hydrogen) atoms. The fourth-order valence-corrected chi connectivity index (χ4v) is 5.38. The number of fused-ring (bicyclic) bond motifs is 1. The fraction of sp³-hybridized carbons (Fsp3) is 0.240. The van der Waals surface area contributed by atoms with Crippen LogP contribution in [0.1, 0.15) is 26.3 Å². The van der Waals surface area contributed by atoms with E-state index < -0.39 is 10.2 Å². The smallest absolute Gasteiger partial charge is 0.326 e.